The molecule has 0 aromatic heterocycles. The van der Waals surface area contributed by atoms with Gasteiger partial charge in [-0.3, -0.25) is 0 Å². The smallest absolute Gasteiger partial charge is 0.0880 e. The number of rotatable bonds is 1. The molecule has 4 heteroatoms. The monoisotopic (exact) mass is 488 g/mol. The number of hydrogen-bond donors (Lipinski definition) is 3. The summed E-state index contributed by atoms with van der Waals surface area (Å²) in [5, 5.41) is 34.3. The molecule has 13 atom stereocenters. The Balaban J connectivity index is 1.36. The summed E-state index contributed by atoms with van der Waals surface area (Å²) in [7, 11) is 0. The largest absolute Gasteiger partial charge is 0.393 e. The molecule has 0 aromatic carbocycles. The fourth-order valence-electron chi connectivity index (χ4n) is 12.1. The third kappa shape index (κ3) is 2.74. The van der Waals surface area contributed by atoms with Crippen molar-refractivity contribution in [2.75, 3.05) is 0 Å². The standard InChI is InChI=1S/C31H52O4/c1-17-15-18(24(33)26(2,3)4)35-23-22(17)28(7)13-14-31-16-30(31)12-11-21(32)27(5,6)19(30)9-10-20(31)29(28,8)25(23)34/h17-25,32-34H,9-16H2,1-8H3/t17-,18?,19+,20+,21+,22?,23?,24+,25+,28-,29-,30-,31?/m1/s1. The zero-order valence-electron chi connectivity index (χ0n) is 23.6. The molecule has 1 saturated heterocycles. The van der Waals surface area contributed by atoms with Gasteiger partial charge in [-0.25, -0.2) is 0 Å². The summed E-state index contributed by atoms with van der Waals surface area (Å²) in [6, 6.07) is 0. The Kier molecular flexibility index (Phi) is 5.08. The maximum Gasteiger partial charge on any atom is 0.0880 e. The average Bonchev–Trinajstić information content (AvgIpc) is 3.40. The van der Waals surface area contributed by atoms with Crippen LogP contribution >= 0.6 is 0 Å². The lowest BCUT2D eigenvalue weighted by Crippen LogP contribution is -2.59. The summed E-state index contributed by atoms with van der Waals surface area (Å²) in [4.78, 5) is 0. The summed E-state index contributed by atoms with van der Waals surface area (Å²) in [5.41, 5.74) is 0.361. The molecule has 200 valence electrons. The molecule has 4 nitrogen and oxygen atoms in total. The Morgan fingerprint density at radius 1 is 0.886 bits per heavy atom. The molecule has 6 rings (SSSR count). The van der Waals surface area contributed by atoms with Crippen LogP contribution in [0.5, 0.6) is 0 Å². The van der Waals surface area contributed by atoms with Gasteiger partial charge in [0.25, 0.3) is 0 Å². The lowest BCUT2D eigenvalue weighted by molar-refractivity contribution is -0.189. The summed E-state index contributed by atoms with van der Waals surface area (Å²) >= 11 is 0. The van der Waals surface area contributed by atoms with E-state index in [1.54, 1.807) is 0 Å². The lowest BCUT2D eigenvalue weighted by Gasteiger charge is -2.63. The van der Waals surface area contributed by atoms with E-state index in [1.165, 1.54) is 38.5 Å². The van der Waals surface area contributed by atoms with Crippen molar-refractivity contribution in [3.63, 3.8) is 0 Å². The van der Waals surface area contributed by atoms with Crippen molar-refractivity contribution < 1.29 is 20.1 Å². The van der Waals surface area contributed by atoms with E-state index in [9.17, 15) is 15.3 Å². The molecule has 4 unspecified atom stereocenters. The average molecular weight is 489 g/mol. The zero-order valence-corrected chi connectivity index (χ0v) is 23.6. The van der Waals surface area contributed by atoms with Gasteiger partial charge in [-0.2, -0.15) is 0 Å². The molecular weight excluding hydrogens is 436 g/mol. The van der Waals surface area contributed by atoms with Crippen LogP contribution in [0.3, 0.4) is 0 Å². The van der Waals surface area contributed by atoms with Crippen molar-refractivity contribution in [1.29, 1.82) is 0 Å². The summed E-state index contributed by atoms with van der Waals surface area (Å²) in [5.74, 6) is 1.91. The van der Waals surface area contributed by atoms with Crippen molar-refractivity contribution >= 4 is 0 Å². The van der Waals surface area contributed by atoms with Crippen LogP contribution in [-0.4, -0.2) is 45.8 Å². The zero-order chi connectivity index (χ0) is 25.6. The first-order valence-electron chi connectivity index (χ1n) is 14.8. The molecule has 3 N–H and O–H groups in total. The van der Waals surface area contributed by atoms with E-state index < -0.39 is 12.2 Å². The Bertz CT molecular complexity index is 893. The number of aliphatic hydroxyl groups is 3. The Morgan fingerprint density at radius 3 is 2.17 bits per heavy atom. The van der Waals surface area contributed by atoms with Crippen molar-refractivity contribution in [2.45, 2.75) is 137 Å². The highest BCUT2D eigenvalue weighted by molar-refractivity contribution is 5.32. The van der Waals surface area contributed by atoms with Crippen LogP contribution in [0.25, 0.3) is 0 Å². The van der Waals surface area contributed by atoms with Gasteiger partial charge in [-0.05, 0) is 102 Å². The molecule has 0 amide bonds. The number of aliphatic hydroxyl groups excluding tert-OH is 3. The lowest BCUT2D eigenvalue weighted by atomic mass is 9.41. The van der Waals surface area contributed by atoms with Gasteiger partial charge in [0.2, 0.25) is 0 Å². The van der Waals surface area contributed by atoms with Crippen LogP contribution in [0.2, 0.25) is 0 Å². The van der Waals surface area contributed by atoms with Crippen LogP contribution in [0.4, 0.5) is 0 Å². The molecule has 1 aliphatic heterocycles. The van der Waals surface area contributed by atoms with Gasteiger partial charge in [-0.15, -0.1) is 0 Å². The molecule has 1 heterocycles. The number of hydrogen-bond acceptors (Lipinski definition) is 4. The second-order valence-corrected chi connectivity index (χ2v) is 16.4. The van der Waals surface area contributed by atoms with E-state index in [0.29, 0.717) is 34.5 Å². The topological polar surface area (TPSA) is 69.9 Å². The molecule has 6 aliphatic rings. The molecule has 0 radical (unpaired) electrons. The predicted octanol–water partition coefficient (Wildman–Crippen LogP) is 5.57. The first kappa shape index (κ1) is 25.1. The van der Waals surface area contributed by atoms with E-state index in [-0.39, 0.29) is 40.0 Å². The Labute approximate surface area is 213 Å². The third-order valence-electron chi connectivity index (χ3n) is 14.0. The summed E-state index contributed by atoms with van der Waals surface area (Å²) in [6.07, 6.45) is 7.55. The van der Waals surface area contributed by atoms with Gasteiger partial charge < -0.3 is 20.1 Å². The predicted molar refractivity (Wildman–Crippen MR) is 138 cm³/mol. The van der Waals surface area contributed by atoms with Crippen molar-refractivity contribution in [3.05, 3.63) is 0 Å². The van der Waals surface area contributed by atoms with Crippen LogP contribution in [0.15, 0.2) is 0 Å². The number of ether oxygens (including phenoxy) is 1. The molecule has 35 heavy (non-hydrogen) atoms. The highest BCUT2D eigenvalue weighted by Crippen LogP contribution is 2.89. The van der Waals surface area contributed by atoms with Gasteiger partial charge in [0.1, 0.15) is 0 Å². The quantitative estimate of drug-likeness (QED) is 0.451. The van der Waals surface area contributed by atoms with Gasteiger partial charge in [-0.1, -0.05) is 55.4 Å². The van der Waals surface area contributed by atoms with Gasteiger partial charge >= 0.3 is 0 Å². The normalized spacial score (nSPS) is 59.4. The van der Waals surface area contributed by atoms with E-state index in [1.807, 2.05) is 0 Å². The number of fused-ring (bicyclic) bond motifs is 4. The van der Waals surface area contributed by atoms with E-state index >= 15 is 0 Å². The summed E-state index contributed by atoms with van der Waals surface area (Å²) in [6.45, 7) is 18.2. The van der Waals surface area contributed by atoms with Crippen molar-refractivity contribution in [1.82, 2.24) is 0 Å². The van der Waals surface area contributed by atoms with Crippen LogP contribution < -0.4 is 0 Å². The van der Waals surface area contributed by atoms with Crippen molar-refractivity contribution in [2.24, 2.45) is 56.2 Å². The van der Waals surface area contributed by atoms with E-state index in [2.05, 4.69) is 55.4 Å². The molecular formula is C31H52O4. The third-order valence-corrected chi connectivity index (χ3v) is 14.0. The second-order valence-electron chi connectivity index (χ2n) is 16.4. The Hall–Kier alpha value is -0.160. The van der Waals surface area contributed by atoms with Gasteiger partial charge in [0.05, 0.1) is 30.5 Å². The van der Waals surface area contributed by atoms with Crippen LogP contribution in [0, 0.1) is 56.2 Å². The second kappa shape index (κ2) is 7.07. The van der Waals surface area contributed by atoms with E-state index in [0.717, 1.165) is 12.8 Å². The van der Waals surface area contributed by atoms with Gasteiger partial charge in [0, 0.05) is 5.41 Å². The van der Waals surface area contributed by atoms with Gasteiger partial charge in [0.15, 0.2) is 0 Å². The minimum atomic E-state index is -0.522. The minimum Gasteiger partial charge on any atom is -0.393 e. The first-order valence-corrected chi connectivity index (χ1v) is 14.8. The Morgan fingerprint density at radius 2 is 1.51 bits per heavy atom. The van der Waals surface area contributed by atoms with E-state index in [4.69, 9.17) is 4.74 Å². The summed E-state index contributed by atoms with van der Waals surface area (Å²) < 4.78 is 6.75. The molecule has 5 saturated carbocycles. The minimum absolute atomic E-state index is 0.00933. The highest BCUT2D eigenvalue weighted by Gasteiger charge is 2.84. The molecule has 2 spiro atoms. The fraction of sp³-hybridized carbons (Fsp3) is 1.00. The SMILES string of the molecule is C[C@@H]1CC([C@H](O)C(C)(C)C)OC2C1[C@@]1(C)CCC34C[C@@]35CC[C@H](O)C(C)(C)[C@@H]5CC[C@H]4[C@]1(C)[C@H]2O. The molecule has 6 fully saturated rings. The van der Waals surface area contributed by atoms with Crippen LogP contribution in [-0.2, 0) is 4.74 Å². The maximum absolute atomic E-state index is 12.2. The van der Waals surface area contributed by atoms with Crippen LogP contribution in [0.1, 0.15) is 107 Å². The molecule has 0 aromatic rings. The molecule has 0 bridgehead atoms. The fourth-order valence-corrected chi connectivity index (χ4v) is 12.1. The first-order chi connectivity index (χ1) is 16.1. The maximum atomic E-state index is 12.2. The highest BCUT2D eigenvalue weighted by atomic mass is 16.5. The van der Waals surface area contributed by atoms with Crippen molar-refractivity contribution in [3.8, 4) is 0 Å². The molecule has 5 aliphatic carbocycles.